The third-order valence-corrected chi connectivity index (χ3v) is 4.09. The Morgan fingerprint density at radius 1 is 0.778 bits per heavy atom. The number of aliphatic hydroxyl groups excluding tert-OH is 1. The van der Waals surface area contributed by atoms with Gasteiger partial charge in [0.2, 0.25) is 0 Å². The number of aliphatic hydroxyl groups is 1. The first-order valence-corrected chi connectivity index (χ1v) is 8.67. The zero-order chi connectivity index (χ0) is 19.1. The second-order valence-electron chi connectivity index (χ2n) is 6.10. The lowest BCUT2D eigenvalue weighted by molar-refractivity contribution is 0.238. The maximum absolute atomic E-state index is 10.5. The molecule has 0 aromatic heterocycles. The Hall–Kier alpha value is -3.46. The number of methoxy groups -OCH3 is 1. The molecule has 0 aliphatic rings. The van der Waals surface area contributed by atoms with Gasteiger partial charge in [0.1, 0.15) is 11.9 Å². The number of benzene rings is 3. The van der Waals surface area contributed by atoms with E-state index >= 15 is 0 Å². The average molecular weight is 352 g/mol. The van der Waals surface area contributed by atoms with Crippen molar-refractivity contribution in [3.05, 3.63) is 101 Å². The molecule has 0 aliphatic carbocycles. The normalized spacial score (nSPS) is 10.8. The van der Waals surface area contributed by atoms with E-state index in [1.807, 2.05) is 79.7 Å². The minimum Gasteiger partial charge on any atom is -0.497 e. The lowest BCUT2D eigenvalue weighted by Gasteiger charge is -2.06. The molecule has 3 aromatic rings. The van der Waals surface area contributed by atoms with Crippen LogP contribution in [0, 0.1) is 30.6 Å². The Morgan fingerprint density at radius 2 is 1.41 bits per heavy atom. The Morgan fingerprint density at radius 3 is 2.11 bits per heavy atom. The molecule has 2 heteroatoms. The zero-order valence-electron chi connectivity index (χ0n) is 15.4. The molecular formula is C25H20O2. The molecule has 0 radical (unpaired) electrons. The summed E-state index contributed by atoms with van der Waals surface area (Å²) in [6.45, 7) is 2.05. The predicted molar refractivity (Wildman–Crippen MR) is 108 cm³/mol. The van der Waals surface area contributed by atoms with Gasteiger partial charge in [-0.1, -0.05) is 59.6 Å². The molecule has 1 atom stereocenters. The molecule has 132 valence electrons. The molecule has 3 aromatic carbocycles. The molecule has 0 heterocycles. The topological polar surface area (TPSA) is 29.5 Å². The number of aryl methyl sites for hydroxylation is 1. The predicted octanol–water partition coefficient (Wildman–Crippen LogP) is 4.49. The molecule has 0 aliphatic heterocycles. The second kappa shape index (κ2) is 8.77. The van der Waals surface area contributed by atoms with Crippen molar-refractivity contribution in [2.24, 2.45) is 0 Å². The fourth-order valence-corrected chi connectivity index (χ4v) is 2.53. The summed E-state index contributed by atoms with van der Waals surface area (Å²) in [5, 5.41) is 10.5. The minimum atomic E-state index is -0.907. The largest absolute Gasteiger partial charge is 0.497 e. The maximum atomic E-state index is 10.5. The number of hydrogen-bond donors (Lipinski definition) is 1. The van der Waals surface area contributed by atoms with Gasteiger partial charge in [0.05, 0.1) is 7.11 Å². The Bertz CT molecular complexity index is 1020. The van der Waals surface area contributed by atoms with E-state index < -0.39 is 6.10 Å². The lowest BCUT2D eigenvalue weighted by atomic mass is 10.0. The third kappa shape index (κ3) is 5.02. The van der Waals surface area contributed by atoms with Crippen LogP contribution in [0.5, 0.6) is 5.75 Å². The van der Waals surface area contributed by atoms with Crippen molar-refractivity contribution >= 4 is 0 Å². The maximum Gasteiger partial charge on any atom is 0.141 e. The van der Waals surface area contributed by atoms with Gasteiger partial charge in [-0.25, -0.2) is 0 Å². The van der Waals surface area contributed by atoms with Gasteiger partial charge in [-0.15, -0.1) is 0 Å². The summed E-state index contributed by atoms with van der Waals surface area (Å²) in [7, 11) is 1.62. The highest BCUT2D eigenvalue weighted by molar-refractivity contribution is 5.49. The molecule has 1 N–H and O–H groups in total. The van der Waals surface area contributed by atoms with Gasteiger partial charge in [-0.3, -0.25) is 0 Å². The fourth-order valence-electron chi connectivity index (χ4n) is 2.53. The first kappa shape index (κ1) is 18.3. The molecule has 0 saturated carbocycles. The Kier molecular flexibility index (Phi) is 5.95. The third-order valence-electron chi connectivity index (χ3n) is 4.09. The highest BCUT2D eigenvalue weighted by Crippen LogP contribution is 2.17. The van der Waals surface area contributed by atoms with Crippen molar-refractivity contribution in [3.8, 4) is 29.4 Å². The van der Waals surface area contributed by atoms with Crippen LogP contribution in [-0.2, 0) is 0 Å². The fraction of sp³-hybridized carbons (Fsp3) is 0.120. The van der Waals surface area contributed by atoms with Crippen molar-refractivity contribution in [2.45, 2.75) is 13.0 Å². The van der Waals surface area contributed by atoms with Gasteiger partial charge in [0.15, 0.2) is 0 Å². The molecule has 0 amide bonds. The van der Waals surface area contributed by atoms with Crippen LogP contribution >= 0.6 is 0 Å². The summed E-state index contributed by atoms with van der Waals surface area (Å²) in [6.07, 6.45) is -0.907. The van der Waals surface area contributed by atoms with Crippen LogP contribution in [0.3, 0.4) is 0 Å². The smallest absolute Gasteiger partial charge is 0.141 e. The molecule has 1 unspecified atom stereocenters. The van der Waals surface area contributed by atoms with E-state index in [0.29, 0.717) is 5.56 Å². The molecule has 0 bridgehead atoms. The molecule has 0 saturated heterocycles. The van der Waals surface area contributed by atoms with E-state index in [1.165, 1.54) is 5.56 Å². The summed E-state index contributed by atoms with van der Waals surface area (Å²) in [6, 6.07) is 23.0. The SMILES string of the molecule is COc1ccc(C#CC(O)c2ccccc2C#Cc2ccc(C)cc2)cc1. The van der Waals surface area contributed by atoms with E-state index in [2.05, 4.69) is 23.7 Å². The number of ether oxygens (including phenoxy) is 1. The van der Waals surface area contributed by atoms with Crippen LogP contribution in [0.25, 0.3) is 0 Å². The zero-order valence-corrected chi connectivity index (χ0v) is 15.4. The summed E-state index contributed by atoms with van der Waals surface area (Å²) >= 11 is 0. The van der Waals surface area contributed by atoms with Gasteiger partial charge in [0, 0.05) is 22.3 Å². The van der Waals surface area contributed by atoms with Crippen molar-refractivity contribution in [1.82, 2.24) is 0 Å². The highest BCUT2D eigenvalue weighted by atomic mass is 16.5. The van der Waals surface area contributed by atoms with E-state index in [4.69, 9.17) is 4.74 Å². The minimum absolute atomic E-state index is 0.707. The van der Waals surface area contributed by atoms with E-state index in [9.17, 15) is 5.11 Å². The van der Waals surface area contributed by atoms with Crippen LogP contribution in [-0.4, -0.2) is 12.2 Å². The Balaban J connectivity index is 1.83. The van der Waals surface area contributed by atoms with E-state index in [-0.39, 0.29) is 0 Å². The van der Waals surface area contributed by atoms with Crippen molar-refractivity contribution in [1.29, 1.82) is 0 Å². The summed E-state index contributed by atoms with van der Waals surface area (Å²) < 4.78 is 5.14. The number of hydrogen-bond acceptors (Lipinski definition) is 2. The molecule has 2 nitrogen and oxygen atoms in total. The standard InChI is InChI=1S/C25H20O2/c1-19-7-9-20(10-8-19)11-15-22-5-3-4-6-24(22)25(26)18-14-21-12-16-23(27-2)17-13-21/h3-10,12-13,16-17,25-26H,1-2H3. The quantitative estimate of drug-likeness (QED) is 0.689. The van der Waals surface area contributed by atoms with Crippen molar-refractivity contribution in [2.75, 3.05) is 7.11 Å². The number of rotatable bonds is 2. The highest BCUT2D eigenvalue weighted by Gasteiger charge is 2.07. The lowest BCUT2D eigenvalue weighted by Crippen LogP contribution is -1.97. The van der Waals surface area contributed by atoms with Crippen LogP contribution in [0.2, 0.25) is 0 Å². The van der Waals surface area contributed by atoms with E-state index in [1.54, 1.807) is 7.11 Å². The summed E-state index contributed by atoms with van der Waals surface area (Å²) in [4.78, 5) is 0. The van der Waals surface area contributed by atoms with Gasteiger partial charge in [0.25, 0.3) is 0 Å². The molecule has 3 rings (SSSR count). The van der Waals surface area contributed by atoms with Crippen molar-refractivity contribution in [3.63, 3.8) is 0 Å². The first-order chi connectivity index (χ1) is 13.2. The van der Waals surface area contributed by atoms with Crippen LogP contribution < -0.4 is 4.74 Å². The first-order valence-electron chi connectivity index (χ1n) is 8.67. The molecule has 0 fully saturated rings. The monoisotopic (exact) mass is 352 g/mol. The van der Waals surface area contributed by atoms with Crippen molar-refractivity contribution < 1.29 is 9.84 Å². The van der Waals surface area contributed by atoms with Crippen LogP contribution in [0.15, 0.2) is 72.8 Å². The van der Waals surface area contributed by atoms with Gasteiger partial charge >= 0.3 is 0 Å². The second-order valence-corrected chi connectivity index (χ2v) is 6.10. The van der Waals surface area contributed by atoms with Gasteiger partial charge in [-0.05, 0) is 49.4 Å². The summed E-state index contributed by atoms with van der Waals surface area (Å²) in [5.74, 6) is 13.0. The average Bonchev–Trinajstić information content (AvgIpc) is 2.72. The van der Waals surface area contributed by atoms with Crippen LogP contribution in [0.4, 0.5) is 0 Å². The molecule has 0 spiro atoms. The van der Waals surface area contributed by atoms with Gasteiger partial charge < -0.3 is 9.84 Å². The molecule has 27 heavy (non-hydrogen) atoms. The Labute approximate surface area is 160 Å². The van der Waals surface area contributed by atoms with E-state index in [0.717, 1.165) is 22.4 Å². The van der Waals surface area contributed by atoms with Crippen LogP contribution in [0.1, 0.15) is 33.9 Å². The summed E-state index contributed by atoms with van der Waals surface area (Å²) in [5.41, 5.74) is 4.44. The molecular weight excluding hydrogens is 332 g/mol. The van der Waals surface area contributed by atoms with Gasteiger partial charge in [-0.2, -0.15) is 0 Å².